The maximum absolute atomic E-state index is 13.2. The summed E-state index contributed by atoms with van der Waals surface area (Å²) < 4.78 is 5.66. The predicted molar refractivity (Wildman–Crippen MR) is 118 cm³/mol. The third kappa shape index (κ3) is 3.25. The Morgan fingerprint density at radius 3 is 2.45 bits per heavy atom. The summed E-state index contributed by atoms with van der Waals surface area (Å²) in [6.07, 6.45) is 0.452. The summed E-state index contributed by atoms with van der Waals surface area (Å²) in [5.74, 6) is -1.10. The van der Waals surface area contributed by atoms with E-state index in [9.17, 15) is 14.9 Å². The zero-order valence-corrected chi connectivity index (χ0v) is 18.1. The normalized spacial score (nSPS) is 18.2. The summed E-state index contributed by atoms with van der Waals surface area (Å²) in [5, 5.41) is 13.2. The lowest BCUT2D eigenvalue weighted by Crippen LogP contribution is -2.30. The number of nitrogens with one attached hydrogen (secondary N) is 1. The fourth-order valence-electron chi connectivity index (χ4n) is 4.40. The highest BCUT2D eigenvalue weighted by Gasteiger charge is 2.39. The number of ether oxygens (including phenoxy) is 1. The lowest BCUT2D eigenvalue weighted by Gasteiger charge is -2.30. The van der Waals surface area contributed by atoms with Crippen LogP contribution >= 0.6 is 0 Å². The number of nitrogens with zero attached hydrogens (tertiary/aromatic N) is 1. The lowest BCUT2D eigenvalue weighted by molar-refractivity contribution is -0.143. The molecule has 31 heavy (non-hydrogen) atoms. The topological polar surface area (TPSA) is 79.2 Å². The first-order valence-corrected chi connectivity index (χ1v) is 10.5. The van der Waals surface area contributed by atoms with Gasteiger partial charge in [0.1, 0.15) is 0 Å². The number of fused-ring (bicyclic) bond motifs is 3. The van der Waals surface area contributed by atoms with E-state index in [1.165, 1.54) is 0 Å². The van der Waals surface area contributed by atoms with Crippen LogP contribution in [0.1, 0.15) is 61.5 Å². The second kappa shape index (κ2) is 7.88. The number of nitriles is 1. The van der Waals surface area contributed by atoms with Crippen molar-refractivity contribution in [2.45, 2.75) is 46.1 Å². The molecule has 2 atom stereocenters. The largest absolute Gasteiger partial charge is 0.459 e. The first kappa shape index (κ1) is 20.6. The third-order valence-corrected chi connectivity index (χ3v) is 6.08. The van der Waals surface area contributed by atoms with Crippen molar-refractivity contribution in [3.05, 3.63) is 81.7 Å². The van der Waals surface area contributed by atoms with Gasteiger partial charge in [-0.25, -0.2) is 4.79 Å². The summed E-state index contributed by atoms with van der Waals surface area (Å²) in [5.41, 5.74) is 5.84. The standard InChI is InChI=1S/C26H24N2O3/c1-5-14(2)31-26(30)22-16(4)28-15(3)21(13-27)24(22)19-11-8-12-20-23(19)17-9-6-7-10-18(17)25(20)29/h6-12,14,24,28H,5H2,1-4H3/t14-,24-/m0/s1. The third-order valence-electron chi connectivity index (χ3n) is 6.08. The minimum absolute atomic E-state index is 0.0370. The van der Waals surface area contributed by atoms with Crippen LogP contribution in [0.15, 0.2) is 65.0 Å². The summed E-state index contributed by atoms with van der Waals surface area (Å²) in [6, 6.07) is 15.3. The van der Waals surface area contributed by atoms with Gasteiger partial charge in [-0.2, -0.15) is 5.26 Å². The molecule has 0 aromatic heterocycles. The smallest absolute Gasteiger partial charge is 0.337 e. The van der Waals surface area contributed by atoms with Gasteiger partial charge in [-0.1, -0.05) is 49.4 Å². The lowest BCUT2D eigenvalue weighted by atomic mass is 9.78. The Balaban J connectivity index is 1.96. The molecule has 0 fully saturated rings. The van der Waals surface area contributed by atoms with Gasteiger partial charge in [-0.05, 0) is 43.9 Å². The fraction of sp³-hybridized carbons (Fsp3) is 0.269. The first-order chi connectivity index (χ1) is 14.9. The molecule has 5 nitrogen and oxygen atoms in total. The van der Waals surface area contributed by atoms with Crippen molar-refractivity contribution in [2.75, 3.05) is 0 Å². The van der Waals surface area contributed by atoms with Crippen LogP contribution < -0.4 is 5.32 Å². The predicted octanol–water partition coefficient (Wildman–Crippen LogP) is 5.00. The van der Waals surface area contributed by atoms with Crippen molar-refractivity contribution in [3.63, 3.8) is 0 Å². The molecule has 0 bridgehead atoms. The Labute approximate surface area is 182 Å². The average Bonchev–Trinajstić information content (AvgIpc) is 3.05. The average molecular weight is 412 g/mol. The van der Waals surface area contributed by atoms with Crippen LogP contribution in [0.2, 0.25) is 0 Å². The van der Waals surface area contributed by atoms with Gasteiger partial charge in [0.25, 0.3) is 0 Å². The molecule has 156 valence electrons. The summed E-state index contributed by atoms with van der Waals surface area (Å²) in [7, 11) is 0. The molecule has 2 aliphatic rings. The second-order valence-electron chi connectivity index (χ2n) is 8.02. The van der Waals surface area contributed by atoms with Gasteiger partial charge in [-0.15, -0.1) is 0 Å². The van der Waals surface area contributed by atoms with Crippen LogP contribution in [0.4, 0.5) is 0 Å². The van der Waals surface area contributed by atoms with Gasteiger partial charge in [0.2, 0.25) is 0 Å². The van der Waals surface area contributed by atoms with Crippen LogP contribution in [0.5, 0.6) is 0 Å². The fourth-order valence-corrected chi connectivity index (χ4v) is 4.40. The zero-order valence-electron chi connectivity index (χ0n) is 18.1. The van der Waals surface area contributed by atoms with Crippen LogP contribution in [0, 0.1) is 11.3 Å². The Morgan fingerprint density at radius 2 is 1.77 bits per heavy atom. The number of allylic oxidation sites excluding steroid dienone is 3. The first-order valence-electron chi connectivity index (χ1n) is 10.5. The number of carbonyl (C=O) groups excluding carboxylic acids is 2. The van der Waals surface area contributed by atoms with Crippen molar-refractivity contribution < 1.29 is 14.3 Å². The van der Waals surface area contributed by atoms with Crippen LogP contribution in [0.3, 0.4) is 0 Å². The molecule has 1 heterocycles. The number of dihydropyridines is 1. The minimum atomic E-state index is -0.614. The molecular formula is C26H24N2O3. The molecule has 2 aromatic rings. The molecule has 1 aliphatic carbocycles. The quantitative estimate of drug-likeness (QED) is 0.610. The SMILES string of the molecule is CC[C@H](C)OC(=O)C1=C(C)NC(C)=C(C#N)[C@@H]1c1cccc2c1-c1ccccc1C2=O. The Morgan fingerprint density at radius 1 is 1.10 bits per heavy atom. The van der Waals surface area contributed by atoms with Crippen LogP contribution in [-0.2, 0) is 9.53 Å². The molecule has 0 spiro atoms. The molecule has 2 aromatic carbocycles. The van der Waals surface area contributed by atoms with E-state index >= 15 is 0 Å². The molecule has 0 saturated heterocycles. The van der Waals surface area contributed by atoms with E-state index in [0.29, 0.717) is 40.1 Å². The zero-order chi connectivity index (χ0) is 22.3. The molecule has 0 radical (unpaired) electrons. The van der Waals surface area contributed by atoms with Crippen LogP contribution in [0.25, 0.3) is 11.1 Å². The van der Waals surface area contributed by atoms with E-state index in [1.54, 1.807) is 6.07 Å². The summed E-state index contributed by atoms with van der Waals surface area (Å²) in [6.45, 7) is 7.45. The van der Waals surface area contributed by atoms with Crippen molar-refractivity contribution in [2.24, 2.45) is 0 Å². The molecule has 1 aliphatic heterocycles. The number of benzene rings is 2. The van der Waals surface area contributed by atoms with Crippen LogP contribution in [-0.4, -0.2) is 17.9 Å². The van der Waals surface area contributed by atoms with E-state index in [2.05, 4.69) is 11.4 Å². The summed E-state index contributed by atoms with van der Waals surface area (Å²) in [4.78, 5) is 26.2. The number of carbonyl (C=O) groups is 2. The second-order valence-corrected chi connectivity index (χ2v) is 8.02. The number of hydrogen-bond acceptors (Lipinski definition) is 5. The van der Waals surface area contributed by atoms with E-state index < -0.39 is 11.9 Å². The molecule has 0 unspecified atom stereocenters. The molecule has 0 saturated carbocycles. The highest BCUT2D eigenvalue weighted by Crippen LogP contribution is 2.47. The Kier molecular flexibility index (Phi) is 5.24. The van der Waals surface area contributed by atoms with Crippen molar-refractivity contribution in [1.82, 2.24) is 5.32 Å². The van der Waals surface area contributed by atoms with Gasteiger partial charge in [-0.3, -0.25) is 4.79 Å². The maximum atomic E-state index is 13.2. The molecule has 4 rings (SSSR count). The number of hydrogen-bond donors (Lipinski definition) is 1. The molecule has 1 N–H and O–H groups in total. The maximum Gasteiger partial charge on any atom is 0.337 e. The molecule has 5 heteroatoms. The van der Waals surface area contributed by atoms with Gasteiger partial charge >= 0.3 is 5.97 Å². The minimum Gasteiger partial charge on any atom is -0.459 e. The van der Waals surface area contributed by atoms with Crippen molar-refractivity contribution in [3.8, 4) is 17.2 Å². The molecule has 0 amide bonds. The Hall–Kier alpha value is -3.65. The Bertz CT molecular complexity index is 1210. The van der Waals surface area contributed by atoms with Crippen molar-refractivity contribution >= 4 is 11.8 Å². The highest BCUT2D eigenvalue weighted by molar-refractivity contribution is 6.22. The van der Waals surface area contributed by atoms with Gasteiger partial charge in [0, 0.05) is 22.5 Å². The van der Waals surface area contributed by atoms with Gasteiger partial charge < -0.3 is 10.1 Å². The molecular weight excluding hydrogens is 388 g/mol. The van der Waals surface area contributed by atoms with E-state index in [0.717, 1.165) is 16.7 Å². The highest BCUT2D eigenvalue weighted by atomic mass is 16.5. The van der Waals surface area contributed by atoms with E-state index in [-0.39, 0.29) is 11.9 Å². The van der Waals surface area contributed by atoms with Gasteiger partial charge in [0.05, 0.1) is 29.2 Å². The number of esters is 1. The number of rotatable bonds is 4. The van der Waals surface area contributed by atoms with E-state index in [4.69, 9.17) is 4.74 Å². The number of ketones is 1. The van der Waals surface area contributed by atoms with Crippen molar-refractivity contribution in [1.29, 1.82) is 5.26 Å². The van der Waals surface area contributed by atoms with Gasteiger partial charge in [0.15, 0.2) is 5.78 Å². The monoisotopic (exact) mass is 412 g/mol. The summed E-state index contributed by atoms with van der Waals surface area (Å²) >= 11 is 0. The van der Waals surface area contributed by atoms with E-state index in [1.807, 2.05) is 64.1 Å².